The van der Waals surface area contributed by atoms with Gasteiger partial charge in [-0.1, -0.05) is 0 Å². The topological polar surface area (TPSA) is 21.6 Å². The molecule has 0 spiro atoms. The second-order valence-electron chi connectivity index (χ2n) is 3.48. The van der Waals surface area contributed by atoms with Gasteiger partial charge in [-0.3, -0.25) is 0 Å². The molecule has 2 rings (SSSR count). The first kappa shape index (κ1) is 11.9. The second-order valence-corrected chi connectivity index (χ2v) is 4.29. The molecule has 0 aliphatic rings. The van der Waals surface area contributed by atoms with Gasteiger partial charge in [0.2, 0.25) is 0 Å². The van der Waals surface area contributed by atoms with Gasteiger partial charge in [-0.25, -0.2) is 0 Å². The zero-order valence-electron chi connectivity index (χ0n) is 9.46. The van der Waals surface area contributed by atoms with E-state index in [1.165, 1.54) is 0 Å². The first-order valence-electron chi connectivity index (χ1n) is 5.25. The summed E-state index contributed by atoms with van der Waals surface area (Å²) in [6.45, 7) is 0. The summed E-state index contributed by atoms with van der Waals surface area (Å²) >= 11 is 2.99. The van der Waals surface area contributed by atoms with Crippen molar-refractivity contribution in [2.24, 2.45) is 4.99 Å². The van der Waals surface area contributed by atoms with Crippen LogP contribution in [-0.2, 0) is 0 Å². The van der Waals surface area contributed by atoms with E-state index in [2.05, 4.69) is 21.0 Å². The summed E-state index contributed by atoms with van der Waals surface area (Å²) in [5.41, 5.74) is 1.99. The van der Waals surface area contributed by atoms with Gasteiger partial charge in [-0.2, -0.15) is 0 Å². The number of nitrogens with zero attached hydrogens (tertiary/aromatic N) is 1. The molecule has 17 heavy (non-hydrogen) atoms. The van der Waals surface area contributed by atoms with E-state index < -0.39 is 0 Å². The van der Waals surface area contributed by atoms with Crippen molar-refractivity contribution >= 4 is 26.3 Å². The van der Waals surface area contributed by atoms with E-state index in [-0.39, 0.29) is 0 Å². The molecule has 0 bridgehead atoms. The molecule has 0 aromatic heterocycles. The Morgan fingerprint density at radius 3 is 2.24 bits per heavy atom. The monoisotopic (exact) mass is 290 g/mol. The molecule has 0 N–H and O–H groups in total. The maximum atomic E-state index is 5.12. The fourth-order valence-corrected chi connectivity index (χ4v) is 1.92. The predicted molar refractivity (Wildman–Crippen MR) is 71.4 cm³/mol. The molecule has 0 amide bonds. The molecule has 0 fully saturated rings. The Morgan fingerprint density at radius 1 is 1.00 bits per heavy atom. The number of para-hydroxylation sites is 1. The summed E-state index contributed by atoms with van der Waals surface area (Å²) in [6, 6.07) is 17.7. The molecule has 2 aromatic carbocycles. The summed E-state index contributed by atoms with van der Waals surface area (Å²) in [5, 5.41) is 0. The van der Waals surface area contributed by atoms with E-state index in [1.807, 2.05) is 54.6 Å². The zero-order chi connectivity index (χ0) is 12.1. The van der Waals surface area contributed by atoms with Crippen LogP contribution in [0.3, 0.4) is 0 Å². The van der Waals surface area contributed by atoms with Gasteiger partial charge in [0.15, 0.2) is 0 Å². The van der Waals surface area contributed by atoms with Gasteiger partial charge in [0, 0.05) is 0 Å². The van der Waals surface area contributed by atoms with Crippen molar-refractivity contribution in [3.8, 4) is 5.75 Å². The predicted octanol–water partition coefficient (Wildman–Crippen LogP) is 2.94. The van der Waals surface area contributed by atoms with E-state index in [0.717, 1.165) is 21.6 Å². The number of aliphatic imine (C=N–C) groups is 1. The number of hydrogen-bond donors (Lipinski definition) is 0. The molecule has 2 aromatic rings. The molecule has 85 valence electrons. The summed E-state index contributed by atoms with van der Waals surface area (Å²) in [6.07, 6.45) is 0. The van der Waals surface area contributed by atoms with Crippen molar-refractivity contribution in [2.75, 3.05) is 7.11 Å². The van der Waals surface area contributed by atoms with E-state index in [0.29, 0.717) is 0 Å². The minimum atomic E-state index is 0.848. The summed E-state index contributed by atoms with van der Waals surface area (Å²) in [4.78, 5) is 4.51. The van der Waals surface area contributed by atoms with Gasteiger partial charge in [0.05, 0.1) is 0 Å². The van der Waals surface area contributed by atoms with Gasteiger partial charge in [-0.05, 0) is 0 Å². The average Bonchev–Trinajstić information content (AvgIpc) is 2.40. The molecule has 0 aliphatic heterocycles. The Hall–Kier alpha value is -1.57. The minimum absolute atomic E-state index is 0.848. The summed E-state index contributed by atoms with van der Waals surface area (Å²) in [7, 11) is 1.66. The number of benzene rings is 2. The van der Waals surface area contributed by atoms with Crippen LogP contribution in [0.2, 0.25) is 0 Å². The molecule has 1 radical (unpaired) electrons. The van der Waals surface area contributed by atoms with E-state index in [9.17, 15) is 0 Å². The van der Waals surface area contributed by atoms with Crippen LogP contribution in [0, 0.1) is 0 Å². The van der Waals surface area contributed by atoms with Crippen LogP contribution in [-0.4, -0.2) is 27.7 Å². The standard InChI is InChI=1S/C14H12NOSe/c1-16-13-9-7-11(8-10-13)14(17)15-12-5-3-2-4-6-12/h2-10H,1H3. The Kier molecular flexibility index (Phi) is 3.97. The van der Waals surface area contributed by atoms with Crippen molar-refractivity contribution in [2.45, 2.75) is 0 Å². The number of methoxy groups -OCH3 is 1. The third-order valence-corrected chi connectivity index (χ3v) is 3.01. The normalized spacial score (nSPS) is 11.2. The molecule has 0 unspecified atom stereocenters. The Labute approximate surface area is 109 Å². The Bertz CT molecular complexity index is 506. The molecule has 0 saturated carbocycles. The second kappa shape index (κ2) is 5.67. The van der Waals surface area contributed by atoms with Gasteiger partial charge in [-0.15, -0.1) is 0 Å². The molecule has 2 nitrogen and oxygen atoms in total. The van der Waals surface area contributed by atoms with E-state index in [4.69, 9.17) is 4.74 Å². The van der Waals surface area contributed by atoms with Crippen LogP contribution in [0.4, 0.5) is 5.69 Å². The fourth-order valence-electron chi connectivity index (χ4n) is 1.42. The quantitative estimate of drug-likeness (QED) is 0.629. The Morgan fingerprint density at radius 2 is 1.65 bits per heavy atom. The van der Waals surface area contributed by atoms with Crippen molar-refractivity contribution in [3.05, 3.63) is 60.2 Å². The van der Waals surface area contributed by atoms with Gasteiger partial charge < -0.3 is 0 Å². The number of ether oxygens (including phenoxy) is 1. The van der Waals surface area contributed by atoms with Gasteiger partial charge >= 0.3 is 109 Å². The first-order valence-corrected chi connectivity index (χ1v) is 6.10. The average molecular weight is 289 g/mol. The SMILES string of the molecule is COc1ccc(C([Se])=Nc2ccccc2)cc1. The molecular formula is C14H12NOSe. The van der Waals surface area contributed by atoms with Crippen molar-refractivity contribution < 1.29 is 4.74 Å². The molecule has 3 heteroatoms. The van der Waals surface area contributed by atoms with Crippen molar-refractivity contribution in [1.82, 2.24) is 0 Å². The molecule has 0 heterocycles. The molecular weight excluding hydrogens is 277 g/mol. The van der Waals surface area contributed by atoms with Gasteiger partial charge in [0.1, 0.15) is 0 Å². The van der Waals surface area contributed by atoms with E-state index >= 15 is 0 Å². The van der Waals surface area contributed by atoms with Crippen molar-refractivity contribution in [3.63, 3.8) is 0 Å². The molecule has 0 saturated heterocycles. The van der Waals surface area contributed by atoms with Crippen LogP contribution >= 0.6 is 0 Å². The summed E-state index contributed by atoms with van der Waals surface area (Å²) in [5.74, 6) is 0.848. The van der Waals surface area contributed by atoms with Crippen LogP contribution in [0.5, 0.6) is 5.75 Å². The molecule has 0 atom stereocenters. The third-order valence-electron chi connectivity index (χ3n) is 2.32. The number of rotatable bonds is 3. The Balaban J connectivity index is 2.24. The fraction of sp³-hybridized carbons (Fsp3) is 0.0714. The number of hydrogen-bond acceptors (Lipinski definition) is 2. The maximum absolute atomic E-state index is 5.12. The van der Waals surface area contributed by atoms with Crippen LogP contribution in [0.15, 0.2) is 59.6 Å². The van der Waals surface area contributed by atoms with Crippen LogP contribution in [0.25, 0.3) is 0 Å². The van der Waals surface area contributed by atoms with Crippen LogP contribution < -0.4 is 4.74 Å². The summed E-state index contributed by atoms with van der Waals surface area (Å²) < 4.78 is 5.99. The van der Waals surface area contributed by atoms with Gasteiger partial charge in [0.25, 0.3) is 0 Å². The van der Waals surface area contributed by atoms with Crippen molar-refractivity contribution in [1.29, 1.82) is 0 Å². The third kappa shape index (κ3) is 3.19. The van der Waals surface area contributed by atoms with Crippen LogP contribution in [0.1, 0.15) is 5.56 Å². The first-order chi connectivity index (χ1) is 8.29. The zero-order valence-corrected chi connectivity index (χ0v) is 11.2. The van der Waals surface area contributed by atoms with E-state index in [1.54, 1.807) is 7.11 Å². The molecule has 0 aliphatic carbocycles.